The number of benzene rings is 1. The first-order chi connectivity index (χ1) is 9.25. The molecule has 0 unspecified atom stereocenters. The van der Waals surface area contributed by atoms with Gasteiger partial charge in [-0.05, 0) is 24.3 Å². The molecule has 4 nitrogen and oxygen atoms in total. The number of nitrogens with one attached hydrogen (secondary N) is 1. The second-order valence-corrected chi connectivity index (χ2v) is 4.63. The Morgan fingerprint density at radius 1 is 0.947 bits per heavy atom. The van der Waals surface area contributed by atoms with E-state index < -0.39 is 0 Å². The van der Waals surface area contributed by atoms with Crippen LogP contribution in [0, 0.1) is 0 Å². The van der Waals surface area contributed by atoms with E-state index in [4.69, 9.17) is 23.2 Å². The highest BCUT2D eigenvalue weighted by Gasteiger charge is 2.14. The van der Waals surface area contributed by atoms with Gasteiger partial charge in [-0.1, -0.05) is 35.3 Å². The van der Waals surface area contributed by atoms with Crippen LogP contribution >= 0.6 is 23.2 Å². The molecule has 3 aromatic rings. The number of pyridine rings is 1. The number of hydrogen-bond donors (Lipinski definition) is 1. The van der Waals surface area contributed by atoms with Crippen LogP contribution in [0.5, 0.6) is 0 Å². The highest BCUT2D eigenvalue weighted by Crippen LogP contribution is 2.32. The van der Waals surface area contributed by atoms with Crippen molar-refractivity contribution in [1.82, 2.24) is 20.2 Å². The molecule has 0 aliphatic carbocycles. The molecule has 6 heteroatoms. The smallest absolute Gasteiger partial charge is 0.184 e. The lowest BCUT2D eigenvalue weighted by molar-refractivity contribution is 1.09. The summed E-state index contributed by atoms with van der Waals surface area (Å²) in [4.78, 5) is 8.58. The van der Waals surface area contributed by atoms with Gasteiger partial charge in [0.2, 0.25) is 0 Å². The molecule has 0 saturated heterocycles. The van der Waals surface area contributed by atoms with E-state index in [1.807, 2.05) is 18.2 Å². The predicted molar refractivity (Wildman–Crippen MR) is 75.1 cm³/mol. The summed E-state index contributed by atoms with van der Waals surface area (Å²) in [7, 11) is 0. The van der Waals surface area contributed by atoms with E-state index in [2.05, 4.69) is 20.2 Å². The van der Waals surface area contributed by atoms with Gasteiger partial charge in [-0.3, -0.25) is 10.1 Å². The first-order valence-electron chi connectivity index (χ1n) is 5.54. The van der Waals surface area contributed by atoms with Gasteiger partial charge in [0.15, 0.2) is 11.6 Å². The summed E-state index contributed by atoms with van der Waals surface area (Å²) < 4.78 is 0. The van der Waals surface area contributed by atoms with E-state index in [0.29, 0.717) is 33.0 Å². The molecule has 0 bridgehead atoms. The topological polar surface area (TPSA) is 54.5 Å². The summed E-state index contributed by atoms with van der Waals surface area (Å²) in [6, 6.07) is 10.8. The average Bonchev–Trinajstić information content (AvgIpc) is 2.89. The summed E-state index contributed by atoms with van der Waals surface area (Å²) in [5.41, 5.74) is 1.33. The largest absolute Gasteiger partial charge is 0.257 e. The van der Waals surface area contributed by atoms with Crippen LogP contribution in [-0.2, 0) is 0 Å². The molecule has 19 heavy (non-hydrogen) atoms. The molecule has 2 aromatic heterocycles. The van der Waals surface area contributed by atoms with Gasteiger partial charge in [0.05, 0.1) is 15.6 Å². The van der Waals surface area contributed by atoms with Gasteiger partial charge in [0.25, 0.3) is 0 Å². The summed E-state index contributed by atoms with van der Waals surface area (Å²) in [5, 5.41) is 8.00. The molecule has 0 aliphatic heterocycles. The van der Waals surface area contributed by atoms with E-state index in [0.717, 1.165) is 0 Å². The second kappa shape index (κ2) is 4.99. The van der Waals surface area contributed by atoms with Crippen LogP contribution < -0.4 is 0 Å². The maximum Gasteiger partial charge on any atom is 0.184 e. The van der Waals surface area contributed by atoms with Crippen molar-refractivity contribution in [2.75, 3.05) is 0 Å². The van der Waals surface area contributed by atoms with Gasteiger partial charge in [-0.2, -0.15) is 5.10 Å². The quantitative estimate of drug-likeness (QED) is 0.780. The molecule has 0 aliphatic rings. The van der Waals surface area contributed by atoms with Crippen molar-refractivity contribution in [3.63, 3.8) is 0 Å². The molecule has 0 atom stereocenters. The summed E-state index contributed by atoms with van der Waals surface area (Å²) in [5.74, 6) is 1.03. The maximum atomic E-state index is 6.13. The summed E-state index contributed by atoms with van der Waals surface area (Å²) >= 11 is 12.3. The fourth-order valence-corrected chi connectivity index (χ4v) is 2.27. The Kier molecular flexibility index (Phi) is 3.19. The zero-order valence-corrected chi connectivity index (χ0v) is 11.2. The minimum Gasteiger partial charge on any atom is -0.257 e. The molecular formula is C13H8Cl2N4. The van der Waals surface area contributed by atoms with Crippen molar-refractivity contribution in [3.05, 3.63) is 52.6 Å². The van der Waals surface area contributed by atoms with Crippen molar-refractivity contribution >= 4 is 23.2 Å². The van der Waals surface area contributed by atoms with Crippen molar-refractivity contribution in [1.29, 1.82) is 0 Å². The number of rotatable bonds is 2. The number of hydrogen-bond acceptors (Lipinski definition) is 3. The van der Waals surface area contributed by atoms with Gasteiger partial charge in [-0.15, -0.1) is 0 Å². The molecule has 94 valence electrons. The van der Waals surface area contributed by atoms with Crippen molar-refractivity contribution in [2.24, 2.45) is 0 Å². The summed E-state index contributed by atoms with van der Waals surface area (Å²) in [6.45, 7) is 0. The normalized spacial score (nSPS) is 10.6. The second-order valence-electron chi connectivity index (χ2n) is 3.82. The van der Waals surface area contributed by atoms with Crippen LogP contribution in [0.1, 0.15) is 0 Å². The van der Waals surface area contributed by atoms with Gasteiger partial charge in [0, 0.05) is 6.20 Å². The molecule has 1 N–H and O–H groups in total. The van der Waals surface area contributed by atoms with Crippen molar-refractivity contribution in [3.8, 4) is 22.9 Å². The van der Waals surface area contributed by atoms with E-state index in [1.165, 1.54) is 0 Å². The first-order valence-corrected chi connectivity index (χ1v) is 6.29. The van der Waals surface area contributed by atoms with Gasteiger partial charge < -0.3 is 0 Å². The first kappa shape index (κ1) is 12.1. The lowest BCUT2D eigenvalue weighted by atomic mass is 10.2. The van der Waals surface area contributed by atoms with Crippen molar-refractivity contribution in [2.45, 2.75) is 0 Å². The fraction of sp³-hybridized carbons (Fsp3) is 0. The molecule has 0 spiro atoms. The lowest BCUT2D eigenvalue weighted by Crippen LogP contribution is -1.85. The highest BCUT2D eigenvalue weighted by atomic mass is 35.5. The van der Waals surface area contributed by atoms with Crippen LogP contribution in [0.4, 0.5) is 0 Å². The Balaban J connectivity index is 2.07. The number of aromatic amines is 1. The van der Waals surface area contributed by atoms with Crippen LogP contribution in [0.2, 0.25) is 10.0 Å². The molecular weight excluding hydrogens is 283 g/mol. The predicted octanol–water partition coefficient (Wildman–Crippen LogP) is 3.84. The monoisotopic (exact) mass is 290 g/mol. The van der Waals surface area contributed by atoms with E-state index in [9.17, 15) is 0 Å². The third-order valence-corrected chi connectivity index (χ3v) is 3.21. The Bertz CT molecular complexity index is 689. The Morgan fingerprint density at radius 3 is 2.42 bits per heavy atom. The zero-order valence-electron chi connectivity index (χ0n) is 9.64. The van der Waals surface area contributed by atoms with E-state index in [-0.39, 0.29) is 0 Å². The number of H-pyrrole nitrogens is 1. The zero-order chi connectivity index (χ0) is 13.2. The van der Waals surface area contributed by atoms with Gasteiger partial charge in [-0.25, -0.2) is 4.98 Å². The van der Waals surface area contributed by atoms with E-state index >= 15 is 0 Å². The Morgan fingerprint density at radius 2 is 1.74 bits per heavy atom. The molecule has 3 rings (SSSR count). The molecule has 0 amide bonds. The lowest BCUT2D eigenvalue weighted by Gasteiger charge is -2.01. The average molecular weight is 291 g/mol. The van der Waals surface area contributed by atoms with Crippen LogP contribution in [-0.4, -0.2) is 20.2 Å². The maximum absolute atomic E-state index is 6.13. The molecule has 2 heterocycles. The van der Waals surface area contributed by atoms with Crippen LogP contribution in [0.15, 0.2) is 42.6 Å². The minimum absolute atomic E-state index is 0.455. The minimum atomic E-state index is 0.455. The molecule has 0 fully saturated rings. The van der Waals surface area contributed by atoms with Gasteiger partial charge >= 0.3 is 0 Å². The third-order valence-electron chi connectivity index (χ3n) is 2.58. The number of nitrogens with zero attached hydrogens (tertiary/aromatic N) is 3. The molecule has 1 aromatic carbocycles. The highest BCUT2D eigenvalue weighted by molar-refractivity contribution is 6.38. The number of aromatic nitrogens is 4. The summed E-state index contributed by atoms with van der Waals surface area (Å²) in [6.07, 6.45) is 1.69. The third kappa shape index (κ3) is 2.32. The van der Waals surface area contributed by atoms with Crippen molar-refractivity contribution < 1.29 is 0 Å². The molecule has 0 saturated carbocycles. The van der Waals surface area contributed by atoms with E-state index in [1.54, 1.807) is 24.4 Å². The SMILES string of the molecule is Clc1cccc(Cl)c1-c1n[nH]c(-c2ccccn2)n1. The Labute approximate surface area is 119 Å². The number of halogens is 2. The van der Waals surface area contributed by atoms with Crippen LogP contribution in [0.3, 0.4) is 0 Å². The van der Waals surface area contributed by atoms with Gasteiger partial charge in [0.1, 0.15) is 5.69 Å². The molecule has 0 radical (unpaired) electrons. The van der Waals surface area contributed by atoms with Crippen LogP contribution in [0.25, 0.3) is 22.9 Å². The Hall–Kier alpha value is -1.91. The standard InChI is InChI=1S/C13H8Cl2N4/c14-8-4-3-5-9(15)11(8)13-17-12(18-19-13)10-6-1-2-7-16-10/h1-7H,(H,17,18,19). The fourth-order valence-electron chi connectivity index (χ4n) is 1.70.